The summed E-state index contributed by atoms with van der Waals surface area (Å²) in [6.45, 7) is 0.139. The van der Waals surface area contributed by atoms with E-state index in [1.807, 2.05) is 6.07 Å². The van der Waals surface area contributed by atoms with Crippen molar-refractivity contribution in [2.24, 2.45) is 0 Å². The number of sulfonamides is 1. The molecule has 0 spiro atoms. The Morgan fingerprint density at radius 3 is 2.63 bits per heavy atom. The molecule has 0 fully saturated rings. The number of ether oxygens (including phenoxy) is 2. The average molecular weight is 392 g/mol. The highest BCUT2D eigenvalue weighted by atomic mass is 32.2. The fraction of sp³-hybridized carbons (Fsp3) is 0.222. The van der Waals surface area contributed by atoms with Gasteiger partial charge in [0.2, 0.25) is 10.0 Å². The second-order valence-corrected chi connectivity index (χ2v) is 7.13. The van der Waals surface area contributed by atoms with Gasteiger partial charge in [0.05, 0.1) is 14.2 Å². The van der Waals surface area contributed by atoms with Crippen molar-refractivity contribution in [1.82, 2.24) is 9.71 Å². The van der Waals surface area contributed by atoms with Crippen molar-refractivity contribution in [2.45, 2.75) is 11.3 Å². The number of nitrogens with zero attached hydrogens (tertiary/aromatic N) is 1. The quantitative estimate of drug-likeness (QED) is 0.624. The highest BCUT2D eigenvalue weighted by Crippen LogP contribution is 2.36. The summed E-state index contributed by atoms with van der Waals surface area (Å²) < 4.78 is 38.4. The summed E-state index contributed by atoms with van der Waals surface area (Å²) in [6.07, 6.45) is 4.23. The lowest BCUT2D eigenvalue weighted by Crippen LogP contribution is -2.26. The summed E-state index contributed by atoms with van der Waals surface area (Å²) in [5.41, 5.74) is 1.10. The Bertz CT molecular complexity index is 926. The van der Waals surface area contributed by atoms with Crippen molar-refractivity contribution in [3.63, 3.8) is 0 Å². The number of benzene rings is 1. The van der Waals surface area contributed by atoms with Gasteiger partial charge < -0.3 is 14.6 Å². The van der Waals surface area contributed by atoms with E-state index in [9.17, 15) is 13.2 Å². The van der Waals surface area contributed by atoms with Crippen LogP contribution in [0, 0.1) is 0 Å². The number of pyridine rings is 1. The van der Waals surface area contributed by atoms with Crippen molar-refractivity contribution in [1.29, 1.82) is 0 Å². The molecule has 2 rings (SSSR count). The molecule has 2 N–H and O–H groups in total. The summed E-state index contributed by atoms with van der Waals surface area (Å²) in [5.74, 6) is -0.937. The Kier molecular flexibility index (Phi) is 6.91. The first kappa shape index (κ1) is 20.4. The minimum Gasteiger partial charge on any atom is -0.493 e. The number of nitrogens with one attached hydrogen (secondary N) is 1. The summed E-state index contributed by atoms with van der Waals surface area (Å²) in [7, 11) is -1.23. The molecule has 0 amide bonds. The number of carboxylic acids is 1. The van der Waals surface area contributed by atoms with Gasteiger partial charge in [-0.05, 0) is 35.9 Å². The van der Waals surface area contributed by atoms with Gasteiger partial charge in [0.15, 0.2) is 11.5 Å². The van der Waals surface area contributed by atoms with Crippen LogP contribution in [-0.4, -0.2) is 45.2 Å². The summed E-state index contributed by atoms with van der Waals surface area (Å²) in [5, 5.41) is 8.78. The van der Waals surface area contributed by atoms with E-state index < -0.39 is 16.0 Å². The van der Waals surface area contributed by atoms with Crippen LogP contribution in [0.3, 0.4) is 0 Å². The van der Waals surface area contributed by atoms with Gasteiger partial charge in [-0.3, -0.25) is 4.98 Å². The Hall–Kier alpha value is -2.91. The molecule has 0 unspecified atom stereocenters. The van der Waals surface area contributed by atoms with Crippen LogP contribution in [0.15, 0.2) is 47.5 Å². The lowest BCUT2D eigenvalue weighted by Gasteiger charge is -2.15. The largest absolute Gasteiger partial charge is 0.493 e. The van der Waals surface area contributed by atoms with Gasteiger partial charge in [-0.1, -0.05) is 6.07 Å². The average Bonchev–Trinajstić information content (AvgIpc) is 2.66. The van der Waals surface area contributed by atoms with Gasteiger partial charge in [0, 0.05) is 30.9 Å². The van der Waals surface area contributed by atoms with Crippen molar-refractivity contribution in [2.75, 3.05) is 20.8 Å². The number of aromatic nitrogens is 1. The van der Waals surface area contributed by atoms with E-state index >= 15 is 0 Å². The van der Waals surface area contributed by atoms with Gasteiger partial charge in [-0.15, -0.1) is 0 Å². The van der Waals surface area contributed by atoms with E-state index in [2.05, 4.69) is 9.71 Å². The monoisotopic (exact) mass is 392 g/mol. The number of methoxy groups -OCH3 is 2. The normalized spacial score (nSPS) is 11.5. The predicted octanol–water partition coefficient (Wildman–Crippen LogP) is 1.72. The van der Waals surface area contributed by atoms with Crippen molar-refractivity contribution in [3.8, 4) is 11.5 Å². The van der Waals surface area contributed by atoms with Gasteiger partial charge >= 0.3 is 5.97 Å². The van der Waals surface area contributed by atoms with Crippen LogP contribution < -0.4 is 14.2 Å². The highest BCUT2D eigenvalue weighted by molar-refractivity contribution is 7.89. The molecule has 8 nitrogen and oxygen atoms in total. The van der Waals surface area contributed by atoms with E-state index in [0.29, 0.717) is 12.0 Å². The fourth-order valence-electron chi connectivity index (χ4n) is 2.35. The Balaban J connectivity index is 2.32. The first-order valence-corrected chi connectivity index (χ1v) is 9.42. The second kappa shape index (κ2) is 9.15. The topological polar surface area (TPSA) is 115 Å². The number of hydrogen-bond acceptors (Lipinski definition) is 6. The van der Waals surface area contributed by atoms with E-state index in [1.54, 1.807) is 18.3 Å². The molecule has 2 aromatic rings. The van der Waals surface area contributed by atoms with Crippen molar-refractivity contribution >= 4 is 22.1 Å². The minimum atomic E-state index is -3.93. The molecular formula is C18H20N2O6S. The van der Waals surface area contributed by atoms with Gasteiger partial charge in [0.25, 0.3) is 0 Å². The molecule has 1 aromatic carbocycles. The minimum absolute atomic E-state index is 0.0373. The van der Waals surface area contributed by atoms with Crippen LogP contribution in [0.5, 0.6) is 11.5 Å². The van der Waals surface area contributed by atoms with E-state index in [4.69, 9.17) is 14.6 Å². The van der Waals surface area contributed by atoms with E-state index in [-0.39, 0.29) is 22.9 Å². The predicted molar refractivity (Wildman–Crippen MR) is 99.3 cm³/mol. The molecule has 0 radical (unpaired) electrons. The highest BCUT2D eigenvalue weighted by Gasteiger charge is 2.23. The van der Waals surface area contributed by atoms with Crippen LogP contribution >= 0.6 is 0 Å². The van der Waals surface area contributed by atoms with E-state index in [0.717, 1.165) is 11.8 Å². The summed E-state index contributed by atoms with van der Waals surface area (Å²) >= 11 is 0. The number of rotatable bonds is 9. The Morgan fingerprint density at radius 2 is 2.04 bits per heavy atom. The van der Waals surface area contributed by atoms with Crippen LogP contribution in [0.1, 0.15) is 11.3 Å². The second-order valence-electron chi connectivity index (χ2n) is 5.39. The molecule has 1 heterocycles. The lowest BCUT2D eigenvalue weighted by atomic mass is 10.2. The van der Waals surface area contributed by atoms with Crippen LogP contribution in [0.25, 0.3) is 6.08 Å². The molecular weight excluding hydrogens is 372 g/mol. The fourth-order valence-corrected chi connectivity index (χ4v) is 3.60. The third kappa shape index (κ3) is 5.53. The molecule has 27 heavy (non-hydrogen) atoms. The molecule has 0 bridgehead atoms. The number of aliphatic carboxylic acids is 1. The maximum atomic E-state index is 12.8. The summed E-state index contributed by atoms with van der Waals surface area (Å²) in [4.78, 5) is 14.7. The molecule has 144 valence electrons. The molecule has 0 atom stereocenters. The van der Waals surface area contributed by atoms with Crippen LogP contribution in [0.4, 0.5) is 0 Å². The molecule has 9 heteroatoms. The molecule has 1 aromatic heterocycles. The van der Waals surface area contributed by atoms with Crippen molar-refractivity contribution < 1.29 is 27.8 Å². The van der Waals surface area contributed by atoms with Gasteiger partial charge in [-0.25, -0.2) is 17.9 Å². The number of carbonyl (C=O) groups is 1. The SMILES string of the molecule is COc1cc(C=CC(=O)O)cc(S(=O)(=O)NCCc2ccccn2)c1OC. The van der Waals surface area contributed by atoms with Gasteiger partial charge in [0.1, 0.15) is 4.90 Å². The van der Waals surface area contributed by atoms with Crippen molar-refractivity contribution in [3.05, 3.63) is 53.9 Å². The molecule has 0 aliphatic carbocycles. The smallest absolute Gasteiger partial charge is 0.328 e. The molecule has 0 aliphatic heterocycles. The molecule has 0 saturated heterocycles. The Morgan fingerprint density at radius 1 is 1.26 bits per heavy atom. The third-order valence-electron chi connectivity index (χ3n) is 3.57. The van der Waals surface area contributed by atoms with Gasteiger partial charge in [-0.2, -0.15) is 0 Å². The third-order valence-corrected chi connectivity index (χ3v) is 5.04. The molecule has 0 saturated carbocycles. The Labute approximate surface area is 157 Å². The van der Waals surface area contributed by atoms with Crippen LogP contribution in [0.2, 0.25) is 0 Å². The number of hydrogen-bond donors (Lipinski definition) is 2. The standard InChI is InChI=1S/C18H20N2O6S/c1-25-15-11-13(6-7-17(21)22)12-16(18(15)26-2)27(23,24)20-10-8-14-5-3-4-9-19-14/h3-7,9,11-12,20H,8,10H2,1-2H3,(H,21,22). The first-order valence-electron chi connectivity index (χ1n) is 7.94. The maximum absolute atomic E-state index is 12.8. The van der Waals surface area contributed by atoms with Crippen LogP contribution in [-0.2, 0) is 21.2 Å². The zero-order chi connectivity index (χ0) is 19.9. The van der Waals surface area contributed by atoms with E-state index in [1.165, 1.54) is 32.4 Å². The zero-order valence-electron chi connectivity index (χ0n) is 14.9. The molecule has 0 aliphatic rings. The maximum Gasteiger partial charge on any atom is 0.328 e. The number of carboxylic acid groups (broad SMARTS) is 1. The zero-order valence-corrected chi connectivity index (χ0v) is 15.7. The lowest BCUT2D eigenvalue weighted by molar-refractivity contribution is -0.131. The first-order chi connectivity index (χ1) is 12.9. The summed E-state index contributed by atoms with van der Waals surface area (Å²) in [6, 6.07) is 8.22.